The summed E-state index contributed by atoms with van der Waals surface area (Å²) in [6.45, 7) is 4.49. The van der Waals surface area contributed by atoms with Crippen molar-refractivity contribution in [1.29, 1.82) is 0 Å². The van der Waals surface area contributed by atoms with Crippen LogP contribution in [0.2, 0.25) is 0 Å². The maximum atomic E-state index is 2.25. The zero-order valence-corrected chi connectivity index (χ0v) is 13.4. The average Bonchev–Trinajstić information content (AvgIpc) is 1.97. The van der Waals surface area contributed by atoms with Gasteiger partial charge in [-0.3, -0.25) is 0 Å². The molecule has 0 aromatic rings. The summed E-state index contributed by atoms with van der Waals surface area (Å²) >= 11 is 0. The molecule has 0 saturated carbocycles. The van der Waals surface area contributed by atoms with Gasteiger partial charge in [-0.15, -0.1) is 0 Å². The van der Waals surface area contributed by atoms with Crippen molar-refractivity contribution in [3.05, 3.63) is 0 Å². The number of rotatable bonds is 7. The summed E-state index contributed by atoms with van der Waals surface area (Å²) in [5.41, 5.74) is 0. The van der Waals surface area contributed by atoms with E-state index in [1.165, 1.54) is 37.2 Å². The van der Waals surface area contributed by atoms with E-state index in [0.717, 1.165) is 0 Å². The summed E-state index contributed by atoms with van der Waals surface area (Å²) in [6, 6.07) is 0. The normalized spacial score (nSPS) is 9.27. The second-order valence-electron chi connectivity index (χ2n) is 2.35. The topological polar surface area (TPSA) is 0 Å². The summed E-state index contributed by atoms with van der Waals surface area (Å²) in [6.07, 6.45) is 5.43. The Morgan fingerprint density at radius 3 is 1.45 bits per heavy atom. The van der Waals surface area contributed by atoms with Crippen molar-refractivity contribution >= 4 is 45.5 Å². The molecule has 0 amide bonds. The van der Waals surface area contributed by atoms with Gasteiger partial charge in [-0.2, -0.15) is 0 Å². The number of hydrogen-bond donors (Lipinski definition) is 0. The van der Waals surface area contributed by atoms with Gasteiger partial charge in [0.25, 0.3) is 0 Å². The van der Waals surface area contributed by atoms with Gasteiger partial charge in [0.15, 0.2) is 0 Å². The van der Waals surface area contributed by atoms with E-state index < -0.39 is 0 Å². The molecule has 3 heteroatoms. The summed E-state index contributed by atoms with van der Waals surface area (Å²) in [4.78, 5) is 0. The van der Waals surface area contributed by atoms with Crippen LogP contribution in [0.3, 0.4) is 0 Å². The van der Waals surface area contributed by atoms with E-state index >= 15 is 0 Å². The van der Waals surface area contributed by atoms with Crippen LogP contribution >= 0.6 is 21.6 Å². The van der Waals surface area contributed by atoms with Gasteiger partial charge in [-0.05, 0) is 12.8 Å². The molecular weight excluding hydrogens is 279 g/mol. The Morgan fingerprint density at radius 2 is 1.18 bits per heavy atom. The van der Waals surface area contributed by atoms with Crippen LogP contribution in [0, 0.1) is 0 Å². The number of hydrogen-bond acceptors (Lipinski definition) is 2. The third-order valence-electron chi connectivity index (χ3n) is 1.25. The molecule has 0 rings (SSSR count). The first kappa shape index (κ1) is 15.0. The van der Waals surface area contributed by atoms with Crippen molar-refractivity contribution in [3.8, 4) is 0 Å². The molecule has 0 aromatic carbocycles. The van der Waals surface area contributed by atoms with Crippen LogP contribution in [0.15, 0.2) is 0 Å². The van der Waals surface area contributed by atoms with Crippen LogP contribution in [0.4, 0.5) is 0 Å². The van der Waals surface area contributed by atoms with Crippen molar-refractivity contribution in [2.75, 3.05) is 11.5 Å². The molecule has 11 heavy (non-hydrogen) atoms. The van der Waals surface area contributed by atoms with Gasteiger partial charge < -0.3 is 0 Å². The molecule has 0 aliphatic rings. The van der Waals surface area contributed by atoms with Gasteiger partial charge in [0.1, 0.15) is 0 Å². The van der Waals surface area contributed by atoms with E-state index in [1.54, 1.807) is 0 Å². The molecule has 0 aromatic heterocycles. The Kier molecular flexibility index (Phi) is 19.1. The van der Waals surface area contributed by atoms with Crippen molar-refractivity contribution in [3.63, 3.8) is 0 Å². The molecule has 0 unspecified atom stereocenters. The van der Waals surface area contributed by atoms with Crippen LogP contribution in [0.25, 0.3) is 0 Å². The molecule has 0 N–H and O–H groups in total. The molecule has 0 atom stereocenters. The Balaban J connectivity index is 0. The predicted octanol–water partition coefficient (Wildman–Crippen LogP) is 3.05. The minimum absolute atomic E-state index is 0. The second-order valence-corrected chi connectivity index (χ2v) is 5.05. The zero-order chi connectivity index (χ0) is 7.66. The van der Waals surface area contributed by atoms with E-state index in [2.05, 4.69) is 13.8 Å². The molecule has 0 aliphatic heterocycles. The van der Waals surface area contributed by atoms with E-state index in [9.17, 15) is 0 Å². The first-order chi connectivity index (χ1) is 4.91. The first-order valence-corrected chi connectivity index (χ1v) is 6.65. The monoisotopic (exact) mass is 300 g/mol. The summed E-state index contributed by atoms with van der Waals surface area (Å²) in [7, 11) is 4.07. The summed E-state index contributed by atoms with van der Waals surface area (Å²) in [5.74, 6) is 2.68. The van der Waals surface area contributed by atoms with E-state index in [4.69, 9.17) is 0 Å². The van der Waals surface area contributed by atoms with E-state index in [0.29, 0.717) is 0 Å². The second kappa shape index (κ2) is 14.0. The van der Waals surface area contributed by atoms with Gasteiger partial charge in [-0.25, -0.2) is 0 Å². The van der Waals surface area contributed by atoms with Crippen molar-refractivity contribution in [1.82, 2.24) is 0 Å². The summed E-state index contributed by atoms with van der Waals surface area (Å²) < 4.78 is 0. The molecule has 0 saturated heterocycles. The third kappa shape index (κ3) is 14.4. The Bertz CT molecular complexity index is 52.1. The molecule has 0 nitrogen and oxygen atoms in total. The SMILES string of the molecule is CCCCSSCCCC.[SnH2]. The fourth-order valence-electron chi connectivity index (χ4n) is 0.524. The Hall–Kier alpha value is 1.50. The summed E-state index contributed by atoms with van der Waals surface area (Å²) in [5, 5.41) is 0. The van der Waals surface area contributed by atoms with Crippen LogP contribution < -0.4 is 0 Å². The standard InChI is InChI=1S/C8H18S2.Sn.2H/c1-3-5-7-9-10-8-6-4-2;;;/h3-8H2,1-2H3;;;. The van der Waals surface area contributed by atoms with E-state index in [-0.39, 0.29) is 23.9 Å². The fraction of sp³-hybridized carbons (Fsp3) is 1.00. The fourth-order valence-corrected chi connectivity index (χ4v) is 2.99. The molecule has 68 valence electrons. The third-order valence-corrected chi connectivity index (χ3v) is 3.82. The molecule has 0 bridgehead atoms. The molecule has 0 aliphatic carbocycles. The molecular formula is C8H20S2Sn. The molecule has 2 radical (unpaired) electrons. The van der Waals surface area contributed by atoms with Gasteiger partial charge in [0, 0.05) is 11.5 Å². The van der Waals surface area contributed by atoms with Crippen molar-refractivity contribution < 1.29 is 0 Å². The van der Waals surface area contributed by atoms with Gasteiger partial charge >= 0.3 is 23.9 Å². The van der Waals surface area contributed by atoms with Crippen molar-refractivity contribution in [2.45, 2.75) is 39.5 Å². The van der Waals surface area contributed by atoms with Crippen LogP contribution in [0.5, 0.6) is 0 Å². The van der Waals surface area contributed by atoms with Crippen LogP contribution in [-0.4, -0.2) is 35.4 Å². The zero-order valence-electron chi connectivity index (χ0n) is 7.77. The number of unbranched alkanes of at least 4 members (excludes halogenated alkanes) is 2. The van der Waals surface area contributed by atoms with Crippen LogP contribution in [-0.2, 0) is 0 Å². The van der Waals surface area contributed by atoms with Gasteiger partial charge in [-0.1, -0.05) is 48.3 Å². The Morgan fingerprint density at radius 1 is 0.818 bits per heavy atom. The van der Waals surface area contributed by atoms with Gasteiger partial charge in [0.2, 0.25) is 0 Å². The molecule has 0 fully saturated rings. The Labute approximate surface area is 96.0 Å². The quantitative estimate of drug-likeness (QED) is 0.402. The average molecular weight is 299 g/mol. The van der Waals surface area contributed by atoms with Crippen molar-refractivity contribution in [2.24, 2.45) is 0 Å². The first-order valence-electron chi connectivity index (χ1n) is 4.16. The molecule has 0 spiro atoms. The van der Waals surface area contributed by atoms with Crippen LogP contribution in [0.1, 0.15) is 39.5 Å². The van der Waals surface area contributed by atoms with Gasteiger partial charge in [0.05, 0.1) is 0 Å². The minimum atomic E-state index is 0. The molecule has 0 heterocycles. The maximum absolute atomic E-state index is 2.25. The van der Waals surface area contributed by atoms with E-state index in [1.807, 2.05) is 21.6 Å². The predicted molar refractivity (Wildman–Crippen MR) is 63.3 cm³/mol.